The first kappa shape index (κ1) is 29.5. The number of thiazole rings is 1. The van der Waals surface area contributed by atoms with Gasteiger partial charge in [-0.3, -0.25) is 10.1 Å². The van der Waals surface area contributed by atoms with Crippen LogP contribution < -0.4 is 19.5 Å². The fourth-order valence-electron chi connectivity index (χ4n) is 3.56. The van der Waals surface area contributed by atoms with Crippen LogP contribution in [0.25, 0.3) is 0 Å². The molecule has 11 nitrogen and oxygen atoms in total. The van der Waals surface area contributed by atoms with Crippen LogP contribution in [0.4, 0.5) is 5.13 Å². The van der Waals surface area contributed by atoms with E-state index < -0.39 is 21.7 Å². The molecule has 214 valence electrons. The van der Waals surface area contributed by atoms with Crippen LogP contribution in [0.15, 0.2) is 77.8 Å². The molecular weight excluding hydrogens is 572 g/mol. The molecule has 0 radical (unpaired) electrons. The molecule has 1 heterocycles. The van der Waals surface area contributed by atoms with Gasteiger partial charge in [0.15, 0.2) is 15.0 Å². The molecule has 1 atom stereocenters. The molecule has 0 saturated heterocycles. The number of benzene rings is 3. The Kier molecular flexibility index (Phi) is 9.22. The summed E-state index contributed by atoms with van der Waals surface area (Å²) >= 11 is 1.06. The Morgan fingerprint density at radius 2 is 1.66 bits per heavy atom. The molecule has 3 aromatic carbocycles. The predicted octanol–water partition coefficient (Wildman–Crippen LogP) is 5.50. The number of carbonyl (C=O) groups excluding carboxylic acids is 1. The summed E-state index contributed by atoms with van der Waals surface area (Å²) in [5.41, 5.74) is 0.286. The molecule has 41 heavy (non-hydrogen) atoms. The highest BCUT2D eigenvalue weighted by atomic mass is 32.2. The number of nitrogens with zero attached hydrogens (tertiary/aromatic N) is 1. The molecule has 0 aliphatic carbocycles. The Balaban J connectivity index is 1.53. The highest BCUT2D eigenvalue weighted by molar-refractivity contribution is 7.90. The van der Waals surface area contributed by atoms with Gasteiger partial charge >= 0.3 is 5.97 Å². The van der Waals surface area contributed by atoms with E-state index in [4.69, 9.17) is 24.1 Å². The number of ether oxygens (including phenoxy) is 4. The van der Waals surface area contributed by atoms with Gasteiger partial charge in [-0.2, -0.15) is 0 Å². The number of hydrogen-bond acceptors (Lipinski definition) is 10. The van der Waals surface area contributed by atoms with Gasteiger partial charge in [-0.1, -0.05) is 17.4 Å². The van der Waals surface area contributed by atoms with Gasteiger partial charge in [0.25, 0.3) is 5.91 Å². The minimum Gasteiger partial charge on any atom is -0.488 e. The van der Waals surface area contributed by atoms with E-state index in [1.165, 1.54) is 48.7 Å². The number of methoxy groups -OCH3 is 1. The predicted molar refractivity (Wildman–Crippen MR) is 152 cm³/mol. The van der Waals surface area contributed by atoms with Crippen molar-refractivity contribution in [3.63, 3.8) is 0 Å². The summed E-state index contributed by atoms with van der Waals surface area (Å²) in [6, 6.07) is 16.5. The fourth-order valence-corrected chi connectivity index (χ4v) is 4.88. The zero-order chi connectivity index (χ0) is 29.6. The van der Waals surface area contributed by atoms with Crippen molar-refractivity contribution >= 4 is 38.2 Å². The van der Waals surface area contributed by atoms with Gasteiger partial charge in [-0.05, 0) is 61.5 Å². The summed E-state index contributed by atoms with van der Waals surface area (Å²) in [4.78, 5) is 28.7. The van der Waals surface area contributed by atoms with Crippen molar-refractivity contribution < 1.29 is 42.1 Å². The molecule has 0 spiro atoms. The standard InChI is InChI=1S/C28H26N2O9S2/c1-17(16-36-2)37-22-12-19(13-23(14-22)38-20-7-9-24(10-8-20)41(3,34)35)26(31)30-28-29-15-25(40-28)39-21-6-4-5-18(11-21)27(32)33/h4-15,17H,16H2,1-3H3,(H,32,33)(H,29,30,31)/t17-/m0/s1. The normalized spacial score (nSPS) is 11.9. The number of carboxylic acid groups (broad SMARTS) is 1. The lowest BCUT2D eigenvalue weighted by Crippen LogP contribution is -2.18. The number of carbonyl (C=O) groups is 2. The Labute approximate surface area is 240 Å². The average molecular weight is 599 g/mol. The highest BCUT2D eigenvalue weighted by Gasteiger charge is 2.16. The topological polar surface area (TPSA) is 150 Å². The molecule has 0 unspecified atom stereocenters. The van der Waals surface area contributed by atoms with Crippen LogP contribution in [0.1, 0.15) is 27.6 Å². The molecule has 0 bridgehead atoms. The van der Waals surface area contributed by atoms with Crippen molar-refractivity contribution in [1.29, 1.82) is 0 Å². The van der Waals surface area contributed by atoms with Gasteiger partial charge in [0, 0.05) is 25.0 Å². The minimum atomic E-state index is -3.37. The van der Waals surface area contributed by atoms with Crippen LogP contribution in [0, 0.1) is 0 Å². The summed E-state index contributed by atoms with van der Waals surface area (Å²) in [7, 11) is -1.82. The van der Waals surface area contributed by atoms with Crippen molar-refractivity contribution in [3.8, 4) is 28.1 Å². The monoisotopic (exact) mass is 598 g/mol. The van der Waals surface area contributed by atoms with Crippen molar-refractivity contribution in [2.75, 3.05) is 25.3 Å². The van der Waals surface area contributed by atoms with Crippen molar-refractivity contribution in [3.05, 3.63) is 84.1 Å². The van der Waals surface area contributed by atoms with Crippen molar-refractivity contribution in [1.82, 2.24) is 4.98 Å². The maximum absolute atomic E-state index is 13.2. The lowest BCUT2D eigenvalue weighted by atomic mass is 10.2. The van der Waals surface area contributed by atoms with Crippen LogP contribution in [0.2, 0.25) is 0 Å². The van der Waals surface area contributed by atoms with Crippen LogP contribution >= 0.6 is 11.3 Å². The number of hydrogen-bond donors (Lipinski definition) is 2. The van der Waals surface area contributed by atoms with Gasteiger partial charge in [0.1, 0.15) is 29.1 Å². The van der Waals surface area contributed by atoms with Gasteiger partial charge < -0.3 is 24.1 Å². The Morgan fingerprint density at radius 3 is 2.34 bits per heavy atom. The van der Waals surface area contributed by atoms with Crippen LogP contribution in [-0.4, -0.2) is 56.5 Å². The molecule has 4 rings (SSSR count). The number of anilines is 1. The van der Waals surface area contributed by atoms with Gasteiger partial charge in [0.05, 0.1) is 23.3 Å². The number of aromatic carboxylic acids is 1. The average Bonchev–Trinajstić information content (AvgIpc) is 3.35. The van der Waals surface area contributed by atoms with Gasteiger partial charge in [-0.15, -0.1) is 0 Å². The molecular formula is C28H26N2O9S2. The van der Waals surface area contributed by atoms with E-state index in [1.807, 2.05) is 6.92 Å². The molecule has 4 aromatic rings. The molecule has 1 amide bonds. The van der Waals surface area contributed by atoms with E-state index in [2.05, 4.69) is 10.3 Å². The van der Waals surface area contributed by atoms with Crippen LogP contribution in [0.5, 0.6) is 28.1 Å². The quantitative estimate of drug-likeness (QED) is 0.214. The number of aromatic nitrogens is 1. The summed E-state index contributed by atoms with van der Waals surface area (Å²) in [5, 5.41) is 12.5. The Hall–Kier alpha value is -4.46. The van der Waals surface area contributed by atoms with E-state index in [9.17, 15) is 18.0 Å². The van der Waals surface area contributed by atoms with E-state index in [1.54, 1.807) is 31.4 Å². The maximum Gasteiger partial charge on any atom is 0.335 e. The highest BCUT2D eigenvalue weighted by Crippen LogP contribution is 2.32. The molecule has 2 N–H and O–H groups in total. The summed E-state index contributed by atoms with van der Waals surface area (Å²) in [6.07, 6.45) is 2.21. The fraction of sp³-hybridized carbons (Fsp3) is 0.179. The molecule has 0 aliphatic heterocycles. The number of nitrogens with one attached hydrogen (secondary N) is 1. The molecule has 0 aliphatic rings. The third kappa shape index (κ3) is 8.27. The largest absolute Gasteiger partial charge is 0.488 e. The zero-order valence-electron chi connectivity index (χ0n) is 22.2. The third-order valence-corrected chi connectivity index (χ3v) is 7.29. The zero-order valence-corrected chi connectivity index (χ0v) is 23.8. The van der Waals surface area contributed by atoms with Crippen LogP contribution in [-0.2, 0) is 14.6 Å². The first-order chi connectivity index (χ1) is 19.5. The van der Waals surface area contributed by atoms with Crippen LogP contribution in [0.3, 0.4) is 0 Å². The van der Waals surface area contributed by atoms with E-state index in [0.717, 1.165) is 17.6 Å². The minimum absolute atomic E-state index is 0.0758. The maximum atomic E-state index is 13.2. The van der Waals surface area contributed by atoms with Crippen molar-refractivity contribution in [2.24, 2.45) is 0 Å². The smallest absolute Gasteiger partial charge is 0.335 e. The molecule has 13 heteroatoms. The molecule has 0 saturated carbocycles. The summed E-state index contributed by atoms with van der Waals surface area (Å²) in [5.74, 6) is -0.268. The first-order valence-corrected chi connectivity index (χ1v) is 14.8. The van der Waals surface area contributed by atoms with E-state index in [0.29, 0.717) is 28.9 Å². The number of sulfone groups is 1. The first-order valence-electron chi connectivity index (χ1n) is 12.1. The van der Waals surface area contributed by atoms with Crippen molar-refractivity contribution in [2.45, 2.75) is 17.9 Å². The second-order valence-corrected chi connectivity index (χ2v) is 11.8. The second kappa shape index (κ2) is 12.8. The van der Waals surface area contributed by atoms with Gasteiger partial charge in [0.2, 0.25) is 5.06 Å². The molecule has 1 aromatic heterocycles. The lowest BCUT2D eigenvalue weighted by molar-refractivity contribution is 0.0696. The number of amides is 1. The molecule has 0 fully saturated rings. The Bertz CT molecular complexity index is 1650. The second-order valence-electron chi connectivity index (χ2n) is 8.80. The Morgan fingerprint density at radius 1 is 0.951 bits per heavy atom. The third-order valence-electron chi connectivity index (χ3n) is 5.37. The van der Waals surface area contributed by atoms with E-state index in [-0.39, 0.29) is 33.0 Å². The van der Waals surface area contributed by atoms with E-state index >= 15 is 0 Å². The number of carboxylic acids is 1. The van der Waals surface area contributed by atoms with Gasteiger partial charge in [-0.25, -0.2) is 18.2 Å². The SMILES string of the molecule is COC[C@H](C)Oc1cc(Oc2ccc(S(C)(=O)=O)cc2)cc(C(=O)Nc2ncc(Oc3cccc(C(=O)O)c3)s2)c1. The summed E-state index contributed by atoms with van der Waals surface area (Å²) < 4.78 is 46.1. The number of rotatable bonds is 12. The lowest BCUT2D eigenvalue weighted by Gasteiger charge is -2.16. The summed E-state index contributed by atoms with van der Waals surface area (Å²) in [6.45, 7) is 2.13.